The fourth-order valence-corrected chi connectivity index (χ4v) is 4.48. The molecule has 1 saturated carbocycles. The van der Waals surface area contributed by atoms with Crippen molar-refractivity contribution < 1.29 is 4.79 Å². The molecular weight excluding hydrogens is 412 g/mol. The SMILES string of the molecule is CN(C)c1nc(N[C@H]2CC[C@@H](NC(=O)c3ccc4ccccc4n3)CC2)nc2ccccc12. The molecular formula is C26H28N6O. The molecule has 33 heavy (non-hydrogen) atoms. The summed E-state index contributed by atoms with van der Waals surface area (Å²) in [5.74, 6) is 1.46. The lowest BCUT2D eigenvalue weighted by Gasteiger charge is -2.30. The first-order valence-corrected chi connectivity index (χ1v) is 11.4. The molecule has 1 amide bonds. The van der Waals surface area contributed by atoms with E-state index in [0.717, 1.165) is 53.3 Å². The second kappa shape index (κ2) is 9.02. The van der Waals surface area contributed by atoms with E-state index in [-0.39, 0.29) is 18.0 Å². The number of carbonyl (C=O) groups is 1. The Morgan fingerprint density at radius 3 is 2.30 bits per heavy atom. The molecule has 4 aromatic rings. The van der Waals surface area contributed by atoms with E-state index in [1.54, 1.807) is 6.07 Å². The Morgan fingerprint density at radius 1 is 0.818 bits per heavy atom. The number of hydrogen-bond acceptors (Lipinski definition) is 6. The Labute approximate surface area is 193 Å². The first-order valence-electron chi connectivity index (χ1n) is 11.4. The van der Waals surface area contributed by atoms with Crippen LogP contribution in [-0.4, -0.2) is 47.0 Å². The van der Waals surface area contributed by atoms with E-state index in [2.05, 4.69) is 15.6 Å². The summed E-state index contributed by atoms with van der Waals surface area (Å²) in [6.07, 6.45) is 3.71. The molecule has 2 aromatic carbocycles. The maximum atomic E-state index is 12.7. The molecule has 0 unspecified atom stereocenters. The number of carbonyl (C=O) groups excluding carboxylic acids is 1. The first kappa shape index (κ1) is 21.1. The lowest BCUT2D eigenvalue weighted by Crippen LogP contribution is -2.40. The van der Waals surface area contributed by atoms with Crippen LogP contribution in [0, 0.1) is 0 Å². The zero-order valence-electron chi connectivity index (χ0n) is 19.0. The predicted octanol–water partition coefficient (Wildman–Crippen LogP) is 4.40. The molecule has 2 aromatic heterocycles. The molecule has 7 nitrogen and oxygen atoms in total. The highest BCUT2D eigenvalue weighted by Gasteiger charge is 2.24. The smallest absolute Gasteiger partial charge is 0.270 e. The van der Waals surface area contributed by atoms with Gasteiger partial charge in [0.05, 0.1) is 11.0 Å². The maximum absolute atomic E-state index is 12.7. The molecule has 0 bridgehead atoms. The van der Waals surface area contributed by atoms with Crippen molar-refractivity contribution in [3.8, 4) is 0 Å². The normalized spacial score (nSPS) is 18.2. The van der Waals surface area contributed by atoms with Crippen molar-refractivity contribution in [1.82, 2.24) is 20.3 Å². The van der Waals surface area contributed by atoms with Crippen LogP contribution in [0.25, 0.3) is 21.8 Å². The fraction of sp³-hybridized carbons (Fsp3) is 0.308. The maximum Gasteiger partial charge on any atom is 0.270 e. The summed E-state index contributed by atoms with van der Waals surface area (Å²) >= 11 is 0. The zero-order chi connectivity index (χ0) is 22.8. The highest BCUT2D eigenvalue weighted by molar-refractivity contribution is 5.95. The summed E-state index contributed by atoms with van der Waals surface area (Å²) in [5.41, 5.74) is 2.24. The van der Waals surface area contributed by atoms with Gasteiger partial charge < -0.3 is 15.5 Å². The highest BCUT2D eigenvalue weighted by atomic mass is 16.1. The van der Waals surface area contributed by atoms with Crippen LogP contribution >= 0.6 is 0 Å². The quantitative estimate of drug-likeness (QED) is 0.479. The molecule has 5 rings (SSSR count). The number of hydrogen-bond donors (Lipinski definition) is 2. The molecule has 0 atom stereocenters. The Hall–Kier alpha value is -3.74. The molecule has 2 heterocycles. The number of para-hydroxylation sites is 2. The summed E-state index contributed by atoms with van der Waals surface area (Å²) < 4.78 is 0. The van der Waals surface area contributed by atoms with Gasteiger partial charge in [-0.15, -0.1) is 0 Å². The van der Waals surface area contributed by atoms with Gasteiger partial charge in [-0.3, -0.25) is 4.79 Å². The molecule has 0 radical (unpaired) electrons. The van der Waals surface area contributed by atoms with Gasteiger partial charge in [-0.1, -0.05) is 36.4 Å². The van der Waals surface area contributed by atoms with Crippen molar-refractivity contribution in [3.05, 3.63) is 66.4 Å². The second-order valence-corrected chi connectivity index (χ2v) is 8.84. The largest absolute Gasteiger partial charge is 0.362 e. The van der Waals surface area contributed by atoms with Gasteiger partial charge in [-0.05, 0) is 49.9 Å². The lowest BCUT2D eigenvalue weighted by atomic mass is 9.91. The van der Waals surface area contributed by atoms with Crippen LogP contribution in [0.1, 0.15) is 36.2 Å². The molecule has 168 valence electrons. The van der Waals surface area contributed by atoms with Crippen molar-refractivity contribution in [1.29, 1.82) is 0 Å². The minimum atomic E-state index is -0.106. The van der Waals surface area contributed by atoms with Crippen LogP contribution in [0.5, 0.6) is 0 Å². The van der Waals surface area contributed by atoms with Crippen LogP contribution in [0.2, 0.25) is 0 Å². The highest BCUT2D eigenvalue weighted by Crippen LogP contribution is 2.26. The molecule has 7 heteroatoms. The molecule has 0 spiro atoms. The van der Waals surface area contributed by atoms with E-state index in [1.807, 2.05) is 73.6 Å². The van der Waals surface area contributed by atoms with Gasteiger partial charge in [-0.25, -0.2) is 9.97 Å². The van der Waals surface area contributed by atoms with Gasteiger partial charge in [0.2, 0.25) is 5.95 Å². The molecule has 1 fully saturated rings. The van der Waals surface area contributed by atoms with Crippen LogP contribution in [-0.2, 0) is 0 Å². The standard InChI is InChI=1S/C26H28N6O/c1-32(2)24-20-8-4-6-10-22(20)30-26(31-24)28-19-14-12-18(13-15-19)27-25(33)23-16-11-17-7-3-5-9-21(17)29-23/h3-11,16,18-19H,12-15H2,1-2H3,(H,27,33)(H,28,30,31)/t18-,19+. The van der Waals surface area contributed by atoms with Crippen molar-refractivity contribution in [2.75, 3.05) is 24.3 Å². The Bertz CT molecular complexity index is 1300. The van der Waals surface area contributed by atoms with Crippen LogP contribution < -0.4 is 15.5 Å². The van der Waals surface area contributed by atoms with Gasteiger partial charge in [0.25, 0.3) is 5.91 Å². The third kappa shape index (κ3) is 4.58. The molecule has 2 N–H and O–H groups in total. The number of benzene rings is 2. The van der Waals surface area contributed by atoms with E-state index in [4.69, 9.17) is 9.97 Å². The summed E-state index contributed by atoms with van der Waals surface area (Å²) in [6.45, 7) is 0. The molecule has 0 aliphatic heterocycles. The van der Waals surface area contributed by atoms with Crippen LogP contribution in [0.4, 0.5) is 11.8 Å². The van der Waals surface area contributed by atoms with Crippen molar-refractivity contribution in [2.45, 2.75) is 37.8 Å². The minimum Gasteiger partial charge on any atom is -0.362 e. The Morgan fingerprint density at radius 2 is 1.52 bits per heavy atom. The fourth-order valence-electron chi connectivity index (χ4n) is 4.48. The number of nitrogens with zero attached hydrogens (tertiary/aromatic N) is 4. The molecule has 1 aliphatic carbocycles. The number of aromatic nitrogens is 3. The number of rotatable bonds is 5. The third-order valence-electron chi connectivity index (χ3n) is 6.23. The van der Waals surface area contributed by atoms with E-state index in [1.165, 1.54) is 0 Å². The number of nitrogens with one attached hydrogen (secondary N) is 2. The topological polar surface area (TPSA) is 83.0 Å². The van der Waals surface area contributed by atoms with Gasteiger partial charge in [0.1, 0.15) is 11.5 Å². The number of fused-ring (bicyclic) bond motifs is 2. The van der Waals surface area contributed by atoms with E-state index < -0.39 is 0 Å². The number of amides is 1. The average Bonchev–Trinajstić information content (AvgIpc) is 2.84. The van der Waals surface area contributed by atoms with Gasteiger partial charge in [0.15, 0.2) is 0 Å². The summed E-state index contributed by atoms with van der Waals surface area (Å²) in [7, 11) is 3.99. The van der Waals surface area contributed by atoms with Gasteiger partial charge >= 0.3 is 0 Å². The summed E-state index contributed by atoms with van der Waals surface area (Å²) in [4.78, 5) is 28.7. The zero-order valence-corrected chi connectivity index (χ0v) is 19.0. The average molecular weight is 441 g/mol. The minimum absolute atomic E-state index is 0.106. The predicted molar refractivity (Wildman–Crippen MR) is 133 cm³/mol. The lowest BCUT2D eigenvalue weighted by molar-refractivity contribution is 0.0922. The number of anilines is 2. The Kier molecular flexibility index (Phi) is 5.77. The molecule has 0 saturated heterocycles. The van der Waals surface area contributed by atoms with E-state index in [9.17, 15) is 4.79 Å². The monoisotopic (exact) mass is 440 g/mol. The van der Waals surface area contributed by atoms with Crippen molar-refractivity contribution in [3.63, 3.8) is 0 Å². The second-order valence-electron chi connectivity index (χ2n) is 8.84. The van der Waals surface area contributed by atoms with Gasteiger partial charge in [0, 0.05) is 37.0 Å². The van der Waals surface area contributed by atoms with E-state index >= 15 is 0 Å². The first-order chi connectivity index (χ1) is 16.1. The van der Waals surface area contributed by atoms with Crippen LogP contribution in [0.3, 0.4) is 0 Å². The van der Waals surface area contributed by atoms with Crippen LogP contribution in [0.15, 0.2) is 60.7 Å². The third-order valence-corrected chi connectivity index (χ3v) is 6.23. The van der Waals surface area contributed by atoms with Crippen molar-refractivity contribution >= 4 is 39.5 Å². The molecule has 1 aliphatic rings. The van der Waals surface area contributed by atoms with Crippen molar-refractivity contribution in [2.24, 2.45) is 0 Å². The van der Waals surface area contributed by atoms with E-state index in [0.29, 0.717) is 11.6 Å². The number of pyridine rings is 1. The summed E-state index contributed by atoms with van der Waals surface area (Å²) in [6, 6.07) is 20.1. The Balaban J connectivity index is 1.21. The van der Waals surface area contributed by atoms with Gasteiger partial charge in [-0.2, -0.15) is 4.98 Å². The summed E-state index contributed by atoms with van der Waals surface area (Å²) in [5, 5.41) is 8.76.